The number of carbonyl (C=O) groups is 1. The Balaban J connectivity index is 1.73. The molecule has 1 aromatic heterocycles. The molecule has 120 valence electrons. The van der Waals surface area contributed by atoms with Gasteiger partial charge < -0.3 is 9.47 Å². The largest absolute Gasteiger partial charge is 0.328 e. The van der Waals surface area contributed by atoms with Gasteiger partial charge in [-0.05, 0) is 17.7 Å². The summed E-state index contributed by atoms with van der Waals surface area (Å²) in [6.07, 6.45) is 5.20. The van der Waals surface area contributed by atoms with Gasteiger partial charge in [0.25, 0.3) is 0 Å². The number of para-hydroxylation sites is 1. The molecule has 2 aromatic carbocycles. The first-order valence-electron chi connectivity index (χ1n) is 7.87. The van der Waals surface area contributed by atoms with Crippen LogP contribution in [0.2, 0.25) is 0 Å². The molecule has 2 heterocycles. The van der Waals surface area contributed by atoms with E-state index in [1.54, 1.807) is 12.5 Å². The third kappa shape index (κ3) is 2.83. The van der Waals surface area contributed by atoms with Crippen LogP contribution in [-0.2, 0) is 11.3 Å². The number of thioether (sulfide) groups is 1. The molecule has 0 aliphatic carbocycles. The first kappa shape index (κ1) is 15.0. The van der Waals surface area contributed by atoms with E-state index >= 15 is 0 Å². The Kier molecular flexibility index (Phi) is 4.09. The first-order valence-corrected chi connectivity index (χ1v) is 8.86. The molecule has 1 atom stereocenters. The van der Waals surface area contributed by atoms with Crippen molar-refractivity contribution < 1.29 is 4.79 Å². The van der Waals surface area contributed by atoms with Crippen molar-refractivity contribution in [1.29, 1.82) is 0 Å². The topological polar surface area (TPSA) is 38.1 Å². The molecule has 5 heteroatoms. The Morgan fingerprint density at radius 1 is 1.12 bits per heavy atom. The normalized spacial score (nSPS) is 16.7. The zero-order valence-electron chi connectivity index (χ0n) is 13.1. The molecule has 24 heavy (non-hydrogen) atoms. The van der Waals surface area contributed by atoms with Gasteiger partial charge in [-0.25, -0.2) is 4.98 Å². The predicted octanol–water partition coefficient (Wildman–Crippen LogP) is 3.76. The number of benzene rings is 2. The predicted molar refractivity (Wildman–Crippen MR) is 96.1 cm³/mol. The van der Waals surface area contributed by atoms with Crippen molar-refractivity contribution in [3.05, 3.63) is 78.9 Å². The summed E-state index contributed by atoms with van der Waals surface area (Å²) in [4.78, 5) is 20.2. The van der Waals surface area contributed by atoms with Gasteiger partial charge >= 0.3 is 0 Å². The number of anilines is 1. The van der Waals surface area contributed by atoms with Gasteiger partial charge in [0.2, 0.25) is 5.91 Å². The first-order chi connectivity index (χ1) is 11.8. The third-order valence-corrected chi connectivity index (χ3v) is 5.30. The number of carbonyl (C=O) groups excluding carboxylic acids is 1. The van der Waals surface area contributed by atoms with Gasteiger partial charge in [-0.1, -0.05) is 42.5 Å². The minimum absolute atomic E-state index is 0.0436. The molecule has 4 rings (SSSR count). The summed E-state index contributed by atoms with van der Waals surface area (Å²) >= 11 is 1.81. The van der Waals surface area contributed by atoms with Crippen LogP contribution in [0.5, 0.6) is 0 Å². The van der Waals surface area contributed by atoms with Gasteiger partial charge in [0.1, 0.15) is 6.54 Å². The van der Waals surface area contributed by atoms with E-state index in [4.69, 9.17) is 0 Å². The Hall–Kier alpha value is -2.53. The lowest BCUT2D eigenvalue weighted by molar-refractivity contribution is -0.119. The quantitative estimate of drug-likeness (QED) is 0.731. The second-order valence-electron chi connectivity index (χ2n) is 5.70. The van der Waals surface area contributed by atoms with Crippen molar-refractivity contribution in [3.8, 4) is 0 Å². The highest BCUT2D eigenvalue weighted by Gasteiger charge is 2.32. The third-order valence-electron chi connectivity index (χ3n) is 4.16. The Morgan fingerprint density at radius 2 is 1.92 bits per heavy atom. The Labute approximate surface area is 145 Å². The van der Waals surface area contributed by atoms with Gasteiger partial charge in [0, 0.05) is 23.0 Å². The molecule has 3 aromatic rings. The number of fused-ring (bicyclic) bond motifs is 1. The van der Waals surface area contributed by atoms with Crippen molar-refractivity contribution in [1.82, 2.24) is 9.55 Å². The van der Waals surface area contributed by atoms with Crippen molar-refractivity contribution in [2.24, 2.45) is 0 Å². The van der Waals surface area contributed by atoms with E-state index in [0.717, 1.165) is 16.3 Å². The van der Waals surface area contributed by atoms with E-state index in [1.165, 1.54) is 5.56 Å². The second kappa shape index (κ2) is 6.53. The highest BCUT2D eigenvalue weighted by Crippen LogP contribution is 2.43. The van der Waals surface area contributed by atoms with E-state index in [9.17, 15) is 4.79 Å². The van der Waals surface area contributed by atoms with E-state index in [-0.39, 0.29) is 11.9 Å². The molecule has 1 unspecified atom stereocenters. The highest BCUT2D eigenvalue weighted by atomic mass is 32.2. The molecule has 0 fully saturated rings. The van der Waals surface area contributed by atoms with Crippen molar-refractivity contribution in [2.75, 3.05) is 10.7 Å². The smallest absolute Gasteiger partial charge is 0.247 e. The van der Waals surface area contributed by atoms with E-state index < -0.39 is 0 Å². The Morgan fingerprint density at radius 3 is 2.71 bits per heavy atom. The lowest BCUT2D eigenvalue weighted by Crippen LogP contribution is -2.40. The molecule has 0 N–H and O–H groups in total. The summed E-state index contributed by atoms with van der Waals surface area (Å²) in [5.74, 6) is 0.936. The minimum atomic E-state index is 0.0436. The zero-order valence-corrected chi connectivity index (χ0v) is 13.9. The minimum Gasteiger partial charge on any atom is -0.328 e. The van der Waals surface area contributed by atoms with Gasteiger partial charge in [0.05, 0.1) is 18.1 Å². The molecule has 1 aliphatic heterocycles. The molecule has 0 radical (unpaired) electrons. The number of imidazole rings is 1. The van der Waals surface area contributed by atoms with Crippen molar-refractivity contribution in [2.45, 2.75) is 17.5 Å². The molecular weight excluding hydrogens is 318 g/mol. The summed E-state index contributed by atoms with van der Waals surface area (Å²) in [7, 11) is 0. The van der Waals surface area contributed by atoms with Crippen molar-refractivity contribution in [3.63, 3.8) is 0 Å². The number of rotatable bonds is 3. The van der Waals surface area contributed by atoms with Crippen LogP contribution in [0.15, 0.2) is 78.2 Å². The summed E-state index contributed by atoms with van der Waals surface area (Å²) in [5.41, 5.74) is 2.16. The number of hydrogen-bond donors (Lipinski definition) is 0. The number of nitrogens with zero attached hydrogens (tertiary/aromatic N) is 3. The van der Waals surface area contributed by atoms with Gasteiger partial charge in [-0.3, -0.25) is 4.79 Å². The Bertz CT molecular complexity index is 833. The molecule has 0 spiro atoms. The fourth-order valence-electron chi connectivity index (χ4n) is 3.03. The molecule has 4 nitrogen and oxygen atoms in total. The maximum atomic E-state index is 13.1. The fourth-order valence-corrected chi connectivity index (χ4v) is 4.20. The highest BCUT2D eigenvalue weighted by molar-refractivity contribution is 7.99. The summed E-state index contributed by atoms with van der Waals surface area (Å²) in [6.45, 7) is 0.294. The number of aromatic nitrogens is 2. The van der Waals surface area contributed by atoms with Gasteiger partial charge in [0.15, 0.2) is 0 Å². The van der Waals surface area contributed by atoms with Crippen molar-refractivity contribution >= 4 is 23.4 Å². The second-order valence-corrected chi connectivity index (χ2v) is 6.77. The lowest BCUT2D eigenvalue weighted by Gasteiger charge is -2.37. The van der Waals surface area contributed by atoms with Gasteiger partial charge in [-0.2, -0.15) is 0 Å². The maximum absolute atomic E-state index is 13.1. The van der Waals surface area contributed by atoms with Gasteiger partial charge in [-0.15, -0.1) is 11.8 Å². The monoisotopic (exact) mass is 335 g/mol. The molecule has 0 bridgehead atoms. The standard InChI is InChI=1S/C19H17N3OS/c23-19(12-21-11-10-20-14-21)22-16-8-4-5-9-18(16)24-13-17(22)15-6-2-1-3-7-15/h1-11,14,17H,12-13H2. The molecule has 1 amide bonds. The van der Waals surface area contributed by atoms with Crippen LogP contribution in [0.1, 0.15) is 11.6 Å². The average Bonchev–Trinajstić information content (AvgIpc) is 3.14. The van der Waals surface area contributed by atoms with E-state index in [0.29, 0.717) is 6.54 Å². The lowest BCUT2D eigenvalue weighted by atomic mass is 10.1. The zero-order chi connectivity index (χ0) is 16.4. The maximum Gasteiger partial charge on any atom is 0.247 e. The fraction of sp³-hybridized carbons (Fsp3) is 0.158. The SMILES string of the molecule is O=C(Cn1ccnc1)N1c2ccccc2SCC1c1ccccc1. The molecular formula is C19H17N3OS. The van der Waals surface area contributed by atoms with E-state index in [1.807, 2.05) is 63.8 Å². The molecule has 1 aliphatic rings. The van der Waals surface area contributed by atoms with Crippen LogP contribution < -0.4 is 4.90 Å². The summed E-state index contributed by atoms with van der Waals surface area (Å²) in [6, 6.07) is 18.4. The van der Waals surface area contributed by atoms with Crippen LogP contribution in [0.25, 0.3) is 0 Å². The van der Waals surface area contributed by atoms with E-state index in [2.05, 4.69) is 23.2 Å². The van der Waals surface area contributed by atoms with Crippen LogP contribution in [0.4, 0.5) is 5.69 Å². The average molecular weight is 335 g/mol. The van der Waals surface area contributed by atoms with Crippen LogP contribution in [0.3, 0.4) is 0 Å². The van der Waals surface area contributed by atoms with Crippen LogP contribution in [0, 0.1) is 0 Å². The molecule has 0 saturated carbocycles. The summed E-state index contributed by atoms with van der Waals surface area (Å²) in [5, 5.41) is 0. The van der Waals surface area contributed by atoms with Crippen LogP contribution in [-0.4, -0.2) is 21.2 Å². The van der Waals surface area contributed by atoms with Crippen LogP contribution >= 0.6 is 11.8 Å². The summed E-state index contributed by atoms with van der Waals surface area (Å²) < 4.78 is 1.81. The molecule has 0 saturated heterocycles. The number of amides is 1. The number of hydrogen-bond acceptors (Lipinski definition) is 3.